The molecule has 0 spiro atoms. The van der Waals surface area contributed by atoms with Crippen molar-refractivity contribution in [3.8, 4) is 0 Å². The highest BCUT2D eigenvalue weighted by Gasteiger charge is 2.41. The maximum Gasteiger partial charge on any atom is 0.315 e. The molecule has 0 radical (unpaired) electrons. The van der Waals surface area contributed by atoms with Crippen molar-refractivity contribution in [3.63, 3.8) is 0 Å². The van der Waals surface area contributed by atoms with Gasteiger partial charge in [-0.15, -0.1) is 16.7 Å². The van der Waals surface area contributed by atoms with E-state index in [1.54, 1.807) is 0 Å². The Morgan fingerprint density at radius 3 is 2.53 bits per heavy atom. The zero-order valence-electron chi connectivity index (χ0n) is 9.86. The van der Waals surface area contributed by atoms with Crippen molar-refractivity contribution in [3.05, 3.63) is 5.89 Å². The zero-order valence-corrected chi connectivity index (χ0v) is 10.6. The first kappa shape index (κ1) is 11.3. The Kier molecular flexibility index (Phi) is 3.23. The fraction of sp³-hybridized carbons (Fsp3) is 0.833. The lowest BCUT2D eigenvalue weighted by atomic mass is 9.98. The molecule has 2 aliphatic rings. The Balaban J connectivity index is 1.51. The second kappa shape index (κ2) is 4.84. The van der Waals surface area contributed by atoms with Gasteiger partial charge in [0.25, 0.3) is 0 Å². The van der Waals surface area contributed by atoms with Gasteiger partial charge in [0.15, 0.2) is 0 Å². The lowest BCUT2D eigenvalue weighted by Gasteiger charge is -2.14. The standard InChI is InChI=1S/C12H18ClN3O/c13-6-5-11-15-16-12(17-11)14-7-10(8-1-2-8)9-3-4-9/h8-10H,1-7H2,(H,14,16). The molecule has 2 fully saturated rings. The van der Waals surface area contributed by atoms with Crippen LogP contribution in [0, 0.1) is 17.8 Å². The Hall–Kier alpha value is -0.770. The molecule has 4 nitrogen and oxygen atoms in total. The number of alkyl halides is 1. The van der Waals surface area contributed by atoms with Gasteiger partial charge in [-0.05, 0) is 43.4 Å². The quantitative estimate of drug-likeness (QED) is 0.761. The maximum atomic E-state index is 5.62. The minimum absolute atomic E-state index is 0.522. The third-order valence-corrected chi connectivity index (χ3v) is 3.91. The highest BCUT2D eigenvalue weighted by Crippen LogP contribution is 2.49. The van der Waals surface area contributed by atoms with Crippen molar-refractivity contribution in [2.45, 2.75) is 32.1 Å². The van der Waals surface area contributed by atoms with Gasteiger partial charge in [-0.25, -0.2) is 0 Å². The summed E-state index contributed by atoms with van der Waals surface area (Å²) in [6.07, 6.45) is 6.27. The lowest BCUT2D eigenvalue weighted by molar-refractivity contribution is 0.420. The molecule has 2 aliphatic carbocycles. The number of anilines is 1. The molecule has 1 N–H and O–H groups in total. The van der Waals surface area contributed by atoms with Gasteiger partial charge in [0.2, 0.25) is 5.89 Å². The summed E-state index contributed by atoms with van der Waals surface area (Å²) in [5.74, 6) is 3.85. The van der Waals surface area contributed by atoms with Gasteiger partial charge in [-0.3, -0.25) is 0 Å². The van der Waals surface area contributed by atoms with E-state index in [-0.39, 0.29) is 0 Å². The summed E-state index contributed by atoms with van der Waals surface area (Å²) in [5, 5.41) is 11.2. The second-order valence-corrected chi connectivity index (χ2v) is 5.54. The van der Waals surface area contributed by atoms with E-state index in [1.165, 1.54) is 25.7 Å². The minimum Gasteiger partial charge on any atom is -0.408 e. The summed E-state index contributed by atoms with van der Waals surface area (Å²) >= 11 is 5.62. The van der Waals surface area contributed by atoms with Crippen molar-refractivity contribution in [2.75, 3.05) is 17.7 Å². The molecule has 5 heteroatoms. The van der Waals surface area contributed by atoms with Crippen LogP contribution in [0.3, 0.4) is 0 Å². The van der Waals surface area contributed by atoms with Crippen molar-refractivity contribution in [1.29, 1.82) is 0 Å². The molecule has 17 heavy (non-hydrogen) atoms. The van der Waals surface area contributed by atoms with Gasteiger partial charge >= 0.3 is 6.01 Å². The van der Waals surface area contributed by atoms with Gasteiger partial charge in [0.05, 0.1) is 0 Å². The number of nitrogens with one attached hydrogen (secondary N) is 1. The smallest absolute Gasteiger partial charge is 0.315 e. The molecule has 1 heterocycles. The summed E-state index contributed by atoms with van der Waals surface area (Å²) < 4.78 is 5.46. The van der Waals surface area contributed by atoms with Crippen LogP contribution in [0.15, 0.2) is 4.42 Å². The first-order valence-electron chi connectivity index (χ1n) is 6.49. The molecule has 3 rings (SSSR count). The average molecular weight is 256 g/mol. The van der Waals surface area contributed by atoms with Crippen LogP contribution in [-0.2, 0) is 6.42 Å². The normalized spacial score (nSPS) is 19.9. The van der Waals surface area contributed by atoms with Crippen LogP contribution >= 0.6 is 11.6 Å². The number of halogens is 1. The van der Waals surface area contributed by atoms with Crippen molar-refractivity contribution in [1.82, 2.24) is 10.2 Å². The molecular weight excluding hydrogens is 238 g/mol. The van der Waals surface area contributed by atoms with Gasteiger partial charge in [-0.2, -0.15) is 0 Å². The molecule has 2 saturated carbocycles. The summed E-state index contributed by atoms with van der Waals surface area (Å²) in [6.45, 7) is 0.984. The third kappa shape index (κ3) is 2.92. The van der Waals surface area contributed by atoms with Crippen LogP contribution in [0.4, 0.5) is 6.01 Å². The van der Waals surface area contributed by atoms with Crippen LogP contribution in [0.25, 0.3) is 0 Å². The van der Waals surface area contributed by atoms with Crippen molar-refractivity contribution < 1.29 is 4.42 Å². The molecule has 0 bridgehead atoms. The molecule has 0 amide bonds. The predicted molar refractivity (Wildman–Crippen MR) is 66.1 cm³/mol. The monoisotopic (exact) mass is 255 g/mol. The van der Waals surface area contributed by atoms with E-state index in [4.69, 9.17) is 16.0 Å². The van der Waals surface area contributed by atoms with Crippen molar-refractivity contribution in [2.24, 2.45) is 17.8 Å². The van der Waals surface area contributed by atoms with E-state index < -0.39 is 0 Å². The highest BCUT2D eigenvalue weighted by molar-refractivity contribution is 6.17. The van der Waals surface area contributed by atoms with Crippen LogP contribution in [0.2, 0.25) is 0 Å². The first-order valence-corrected chi connectivity index (χ1v) is 7.02. The predicted octanol–water partition coefficient (Wildman–Crippen LogP) is 2.70. The molecule has 0 saturated heterocycles. The van der Waals surface area contributed by atoms with Crippen LogP contribution < -0.4 is 5.32 Å². The van der Waals surface area contributed by atoms with E-state index in [2.05, 4.69) is 15.5 Å². The largest absolute Gasteiger partial charge is 0.408 e. The average Bonchev–Trinajstić information content (AvgIpc) is 3.21. The Morgan fingerprint density at radius 2 is 1.94 bits per heavy atom. The number of nitrogens with zero attached hydrogens (tertiary/aromatic N) is 2. The van der Waals surface area contributed by atoms with E-state index in [0.717, 1.165) is 24.3 Å². The van der Waals surface area contributed by atoms with Crippen LogP contribution in [0.1, 0.15) is 31.6 Å². The molecule has 0 unspecified atom stereocenters. The molecule has 94 valence electrons. The van der Waals surface area contributed by atoms with E-state index >= 15 is 0 Å². The number of rotatable bonds is 7. The molecule has 1 aromatic heterocycles. The number of aryl methyl sites for hydroxylation is 1. The Bertz CT molecular complexity index is 362. The molecule has 0 aromatic carbocycles. The maximum absolute atomic E-state index is 5.62. The number of aromatic nitrogens is 2. The van der Waals surface area contributed by atoms with E-state index in [0.29, 0.717) is 24.2 Å². The summed E-state index contributed by atoms with van der Waals surface area (Å²) in [7, 11) is 0. The van der Waals surface area contributed by atoms with Gasteiger partial charge in [0, 0.05) is 18.8 Å². The minimum atomic E-state index is 0.522. The third-order valence-electron chi connectivity index (χ3n) is 3.72. The van der Waals surface area contributed by atoms with Crippen molar-refractivity contribution >= 4 is 17.6 Å². The molecule has 0 atom stereocenters. The lowest BCUT2D eigenvalue weighted by Crippen LogP contribution is -2.18. The molecule has 1 aromatic rings. The van der Waals surface area contributed by atoms with Crippen LogP contribution in [0.5, 0.6) is 0 Å². The fourth-order valence-corrected chi connectivity index (χ4v) is 2.64. The second-order valence-electron chi connectivity index (χ2n) is 5.16. The number of hydrogen-bond acceptors (Lipinski definition) is 4. The summed E-state index contributed by atoms with van der Waals surface area (Å²) in [4.78, 5) is 0. The van der Waals surface area contributed by atoms with Gasteiger partial charge in [0.1, 0.15) is 0 Å². The molecule has 0 aliphatic heterocycles. The SMILES string of the molecule is ClCCc1nnc(NCC(C2CC2)C2CC2)o1. The highest BCUT2D eigenvalue weighted by atomic mass is 35.5. The van der Waals surface area contributed by atoms with E-state index in [1.807, 2.05) is 0 Å². The van der Waals surface area contributed by atoms with Gasteiger partial charge in [-0.1, -0.05) is 5.10 Å². The first-order chi connectivity index (χ1) is 8.36. The Labute approximate surface area is 106 Å². The zero-order chi connectivity index (χ0) is 11.7. The number of hydrogen-bond donors (Lipinski definition) is 1. The summed E-state index contributed by atoms with van der Waals surface area (Å²) in [6, 6.07) is 0.552. The van der Waals surface area contributed by atoms with Crippen LogP contribution in [-0.4, -0.2) is 22.6 Å². The molecular formula is C12H18ClN3O. The van der Waals surface area contributed by atoms with E-state index in [9.17, 15) is 0 Å². The Morgan fingerprint density at radius 1 is 1.24 bits per heavy atom. The fourth-order valence-electron chi connectivity index (χ4n) is 2.48. The van der Waals surface area contributed by atoms with Gasteiger partial charge < -0.3 is 9.73 Å². The topological polar surface area (TPSA) is 51.0 Å². The summed E-state index contributed by atoms with van der Waals surface area (Å²) in [5.41, 5.74) is 0.